The van der Waals surface area contributed by atoms with E-state index in [0.29, 0.717) is 32.5 Å². The van der Waals surface area contributed by atoms with Crippen LogP contribution in [0.3, 0.4) is 0 Å². The van der Waals surface area contributed by atoms with Crippen LogP contribution in [-0.2, 0) is 9.59 Å². The van der Waals surface area contributed by atoms with Gasteiger partial charge < -0.3 is 31.5 Å². The van der Waals surface area contributed by atoms with Gasteiger partial charge in [-0.05, 0) is 77.9 Å². The van der Waals surface area contributed by atoms with Crippen LogP contribution in [0.5, 0.6) is 0 Å². The quantitative estimate of drug-likeness (QED) is 0.127. The third-order valence-corrected chi connectivity index (χ3v) is 6.03. The molecule has 0 aromatic rings. The van der Waals surface area contributed by atoms with Crippen LogP contribution in [0.15, 0.2) is 0 Å². The summed E-state index contributed by atoms with van der Waals surface area (Å²) in [4.78, 5) is 28.7. The zero-order valence-corrected chi connectivity index (χ0v) is 21.3. The fraction of sp³-hybridized carbons (Fsp3) is 0.920. The topological polar surface area (TPSA) is 103 Å². The number of nitrogens with one attached hydrogen (secondary N) is 3. The molecule has 1 saturated heterocycles. The molecule has 0 atom stereocenters. The van der Waals surface area contributed by atoms with E-state index in [1.807, 2.05) is 0 Å². The van der Waals surface area contributed by atoms with Gasteiger partial charge in [0, 0.05) is 39.0 Å². The maximum Gasteiger partial charge on any atom is 0.221 e. The van der Waals surface area contributed by atoms with E-state index < -0.39 is 0 Å². The summed E-state index contributed by atoms with van der Waals surface area (Å²) < 4.78 is 0. The van der Waals surface area contributed by atoms with Crippen LogP contribution in [0.1, 0.15) is 77.6 Å². The molecule has 1 fully saturated rings. The van der Waals surface area contributed by atoms with Crippen molar-refractivity contribution in [1.29, 1.82) is 0 Å². The smallest absolute Gasteiger partial charge is 0.221 e. The van der Waals surface area contributed by atoms with Gasteiger partial charge in [0.2, 0.25) is 11.8 Å². The molecule has 0 radical (unpaired) electrons. The highest BCUT2D eigenvalue weighted by Gasteiger charge is 2.15. The van der Waals surface area contributed by atoms with Crippen molar-refractivity contribution in [3.63, 3.8) is 0 Å². The van der Waals surface area contributed by atoms with E-state index in [1.165, 1.54) is 45.3 Å². The minimum absolute atomic E-state index is 0.0125. The van der Waals surface area contributed by atoms with Crippen molar-refractivity contribution < 1.29 is 9.59 Å². The summed E-state index contributed by atoms with van der Waals surface area (Å²) in [7, 11) is 0. The Hall–Kier alpha value is -1.22. The van der Waals surface area contributed by atoms with Gasteiger partial charge in [0.05, 0.1) is 0 Å². The van der Waals surface area contributed by atoms with Crippen LogP contribution in [0.25, 0.3) is 0 Å². The molecule has 0 bridgehead atoms. The summed E-state index contributed by atoms with van der Waals surface area (Å²) in [5.41, 5.74) is 5.69. The number of unbranched alkanes of at least 4 members (excludes halogenated alkanes) is 4. The standard InChI is InChI=1S/C25H52N6O2/c1-2-3-4-5-6-11-24(32)29-17-12-25(33)28-16-10-21-30(18-7-13-26)19-8-14-27-15-9-20-31-22-23-31/h27H,2-23,26H2,1H3,(H,28,33)(H,29,32). The number of nitrogens with zero attached hydrogens (tertiary/aromatic N) is 2. The summed E-state index contributed by atoms with van der Waals surface area (Å²) >= 11 is 0. The first-order valence-corrected chi connectivity index (χ1v) is 13.5. The number of hydrogen-bond acceptors (Lipinski definition) is 6. The van der Waals surface area contributed by atoms with Crippen LogP contribution >= 0.6 is 0 Å². The van der Waals surface area contributed by atoms with Crippen molar-refractivity contribution in [2.45, 2.75) is 77.6 Å². The van der Waals surface area contributed by atoms with Crippen LogP contribution < -0.4 is 21.7 Å². The minimum Gasteiger partial charge on any atom is -0.356 e. The Bertz CT molecular complexity index is 488. The predicted octanol–water partition coefficient (Wildman–Crippen LogP) is 1.70. The zero-order chi connectivity index (χ0) is 24.0. The van der Waals surface area contributed by atoms with Gasteiger partial charge in [0.15, 0.2) is 0 Å². The van der Waals surface area contributed by atoms with Gasteiger partial charge in [-0.25, -0.2) is 0 Å². The molecule has 1 heterocycles. The maximum atomic E-state index is 12.0. The van der Waals surface area contributed by atoms with Crippen LogP contribution in [0, 0.1) is 0 Å². The number of carbonyl (C=O) groups excluding carboxylic acids is 2. The third-order valence-electron chi connectivity index (χ3n) is 6.03. The fourth-order valence-electron chi connectivity index (χ4n) is 3.84. The Balaban J connectivity index is 1.98. The van der Waals surface area contributed by atoms with E-state index in [4.69, 9.17) is 5.73 Å². The molecule has 8 nitrogen and oxygen atoms in total. The lowest BCUT2D eigenvalue weighted by molar-refractivity contribution is -0.122. The predicted molar refractivity (Wildman–Crippen MR) is 137 cm³/mol. The highest BCUT2D eigenvalue weighted by Crippen LogP contribution is 2.05. The number of amides is 2. The molecule has 1 rings (SSSR count). The molecule has 194 valence electrons. The van der Waals surface area contributed by atoms with E-state index in [9.17, 15) is 9.59 Å². The number of nitrogens with two attached hydrogens (primary N) is 1. The van der Waals surface area contributed by atoms with E-state index in [1.54, 1.807) is 0 Å². The van der Waals surface area contributed by atoms with Crippen LogP contribution in [-0.4, -0.2) is 93.6 Å². The maximum absolute atomic E-state index is 12.0. The molecule has 33 heavy (non-hydrogen) atoms. The average Bonchev–Trinajstić information content (AvgIpc) is 3.63. The van der Waals surface area contributed by atoms with Gasteiger partial charge in [-0.1, -0.05) is 32.6 Å². The largest absolute Gasteiger partial charge is 0.356 e. The van der Waals surface area contributed by atoms with E-state index in [2.05, 4.69) is 32.7 Å². The molecular weight excluding hydrogens is 416 g/mol. The molecule has 0 saturated carbocycles. The second-order valence-electron chi connectivity index (χ2n) is 9.25. The molecule has 5 N–H and O–H groups in total. The van der Waals surface area contributed by atoms with Crippen molar-refractivity contribution in [1.82, 2.24) is 25.8 Å². The van der Waals surface area contributed by atoms with Gasteiger partial charge in [0.1, 0.15) is 0 Å². The van der Waals surface area contributed by atoms with Gasteiger partial charge in [-0.2, -0.15) is 0 Å². The van der Waals surface area contributed by atoms with Gasteiger partial charge in [-0.15, -0.1) is 0 Å². The zero-order valence-electron chi connectivity index (χ0n) is 21.3. The molecule has 0 aromatic heterocycles. The fourth-order valence-corrected chi connectivity index (χ4v) is 3.84. The second kappa shape index (κ2) is 21.3. The Morgan fingerprint density at radius 3 is 2.12 bits per heavy atom. The molecule has 1 aliphatic heterocycles. The third kappa shape index (κ3) is 19.9. The SMILES string of the molecule is CCCCCCCC(=O)NCCC(=O)NCCCN(CCCN)CCCNCCCN1CC1. The summed E-state index contributed by atoms with van der Waals surface area (Å²) in [6.07, 6.45) is 10.9. The molecule has 1 aliphatic rings. The van der Waals surface area contributed by atoms with Crippen molar-refractivity contribution in [3.8, 4) is 0 Å². The van der Waals surface area contributed by atoms with Crippen LogP contribution in [0.2, 0.25) is 0 Å². The lowest BCUT2D eigenvalue weighted by atomic mass is 10.1. The van der Waals surface area contributed by atoms with Gasteiger partial charge in [0.25, 0.3) is 0 Å². The number of hydrogen-bond donors (Lipinski definition) is 4. The highest BCUT2D eigenvalue weighted by molar-refractivity contribution is 5.78. The minimum atomic E-state index is 0.0125. The molecular formula is C25H52N6O2. The van der Waals surface area contributed by atoms with Gasteiger partial charge >= 0.3 is 0 Å². The number of rotatable bonds is 24. The lowest BCUT2D eigenvalue weighted by Gasteiger charge is -2.22. The first-order chi connectivity index (χ1) is 16.2. The normalized spacial score (nSPS) is 13.4. The van der Waals surface area contributed by atoms with Crippen molar-refractivity contribution >= 4 is 11.8 Å². The van der Waals surface area contributed by atoms with E-state index >= 15 is 0 Å². The summed E-state index contributed by atoms with van der Waals surface area (Å²) in [6, 6.07) is 0. The summed E-state index contributed by atoms with van der Waals surface area (Å²) in [6.45, 7) is 13.0. The molecule has 0 spiro atoms. The Kier molecular flexibility index (Phi) is 19.3. The molecule has 0 aromatic carbocycles. The lowest BCUT2D eigenvalue weighted by Crippen LogP contribution is -2.34. The van der Waals surface area contributed by atoms with Gasteiger partial charge in [-0.3, -0.25) is 9.59 Å². The molecule has 2 amide bonds. The van der Waals surface area contributed by atoms with E-state index in [-0.39, 0.29) is 11.8 Å². The monoisotopic (exact) mass is 468 g/mol. The van der Waals surface area contributed by atoms with Crippen molar-refractivity contribution in [3.05, 3.63) is 0 Å². The summed E-state index contributed by atoms with van der Waals surface area (Å²) in [5, 5.41) is 9.38. The highest BCUT2D eigenvalue weighted by atomic mass is 16.2. The van der Waals surface area contributed by atoms with Crippen LogP contribution in [0.4, 0.5) is 0 Å². The molecule has 0 aliphatic carbocycles. The van der Waals surface area contributed by atoms with Crippen molar-refractivity contribution in [2.75, 3.05) is 72.0 Å². The summed E-state index contributed by atoms with van der Waals surface area (Å²) in [5.74, 6) is 0.0727. The number of carbonyl (C=O) groups is 2. The van der Waals surface area contributed by atoms with Crippen molar-refractivity contribution in [2.24, 2.45) is 5.73 Å². The second-order valence-corrected chi connectivity index (χ2v) is 9.25. The Labute approximate surface area is 202 Å². The molecule has 0 unspecified atom stereocenters. The Morgan fingerprint density at radius 1 is 0.758 bits per heavy atom. The first kappa shape index (κ1) is 29.8. The average molecular weight is 469 g/mol. The van der Waals surface area contributed by atoms with E-state index in [0.717, 1.165) is 64.8 Å². The first-order valence-electron chi connectivity index (χ1n) is 13.5. The Morgan fingerprint density at radius 2 is 1.39 bits per heavy atom. The molecule has 8 heteroatoms.